The van der Waals surface area contributed by atoms with Gasteiger partial charge < -0.3 is 10.6 Å². The van der Waals surface area contributed by atoms with Crippen molar-refractivity contribution in [2.45, 2.75) is 16.2 Å². The van der Waals surface area contributed by atoms with Gasteiger partial charge in [-0.25, -0.2) is 0 Å². The Bertz CT molecular complexity index is 1000. The van der Waals surface area contributed by atoms with Crippen LogP contribution in [0.3, 0.4) is 0 Å². The smallest absolute Gasteiger partial charge is 0.256 e. The van der Waals surface area contributed by atoms with Gasteiger partial charge in [-0.3, -0.25) is 9.59 Å². The fourth-order valence-electron chi connectivity index (χ4n) is 2.97. The highest BCUT2D eigenvalue weighted by atomic mass is 32.2. The fourth-order valence-corrected chi connectivity index (χ4v) is 4.04. The highest BCUT2D eigenvalue weighted by Crippen LogP contribution is 2.39. The van der Waals surface area contributed by atoms with Crippen LogP contribution < -0.4 is 10.6 Å². The maximum atomic E-state index is 12.5. The van der Waals surface area contributed by atoms with Gasteiger partial charge in [0.25, 0.3) is 11.8 Å². The van der Waals surface area contributed by atoms with E-state index < -0.39 is 0 Å². The van der Waals surface area contributed by atoms with Crippen molar-refractivity contribution < 1.29 is 9.59 Å². The van der Waals surface area contributed by atoms with Gasteiger partial charge in [0.05, 0.1) is 11.3 Å². The molecular weight excluding hydrogens is 356 g/mol. The minimum atomic E-state index is -0.128. The van der Waals surface area contributed by atoms with Crippen molar-refractivity contribution in [2.24, 2.45) is 0 Å². The predicted octanol–water partition coefficient (Wildman–Crippen LogP) is 4.38. The SMILES string of the molecule is O=C(NCCc1ccccc1)c1ccc2c(c1)Sc1ccccc1C(=O)N2. The van der Waals surface area contributed by atoms with E-state index in [1.54, 1.807) is 18.2 Å². The molecule has 3 aromatic carbocycles. The third kappa shape index (κ3) is 3.88. The van der Waals surface area contributed by atoms with E-state index in [1.807, 2.05) is 54.6 Å². The van der Waals surface area contributed by atoms with Crippen LogP contribution in [-0.4, -0.2) is 18.4 Å². The van der Waals surface area contributed by atoms with Crippen LogP contribution in [0.15, 0.2) is 82.6 Å². The zero-order valence-electron chi connectivity index (χ0n) is 14.6. The second-order valence-electron chi connectivity index (χ2n) is 6.25. The molecule has 134 valence electrons. The summed E-state index contributed by atoms with van der Waals surface area (Å²) in [7, 11) is 0. The minimum Gasteiger partial charge on any atom is -0.352 e. The molecule has 0 atom stereocenters. The van der Waals surface area contributed by atoms with Gasteiger partial charge in [-0.15, -0.1) is 0 Å². The average Bonchev–Trinajstić information content (AvgIpc) is 2.84. The molecule has 0 saturated carbocycles. The molecule has 4 nitrogen and oxygen atoms in total. The van der Waals surface area contributed by atoms with Crippen molar-refractivity contribution in [1.29, 1.82) is 0 Å². The Kier molecular flexibility index (Phi) is 4.94. The van der Waals surface area contributed by atoms with E-state index in [4.69, 9.17) is 0 Å². The van der Waals surface area contributed by atoms with E-state index in [2.05, 4.69) is 10.6 Å². The Hall–Kier alpha value is -3.05. The summed E-state index contributed by atoms with van der Waals surface area (Å²) < 4.78 is 0. The number of carbonyl (C=O) groups excluding carboxylic acids is 2. The lowest BCUT2D eigenvalue weighted by atomic mass is 10.1. The van der Waals surface area contributed by atoms with Gasteiger partial charge in [-0.1, -0.05) is 54.2 Å². The Morgan fingerprint density at radius 2 is 1.70 bits per heavy atom. The van der Waals surface area contributed by atoms with Crippen LogP contribution in [0.25, 0.3) is 0 Å². The molecule has 0 spiro atoms. The third-order valence-corrected chi connectivity index (χ3v) is 5.52. The van der Waals surface area contributed by atoms with E-state index in [-0.39, 0.29) is 11.8 Å². The van der Waals surface area contributed by atoms with E-state index in [1.165, 1.54) is 17.3 Å². The number of amides is 2. The number of nitrogens with one attached hydrogen (secondary N) is 2. The molecule has 27 heavy (non-hydrogen) atoms. The first kappa shape index (κ1) is 17.4. The molecule has 5 heteroatoms. The number of fused-ring (bicyclic) bond motifs is 2. The number of rotatable bonds is 4. The average molecular weight is 374 g/mol. The lowest BCUT2D eigenvalue weighted by Crippen LogP contribution is -2.25. The summed E-state index contributed by atoms with van der Waals surface area (Å²) in [5.74, 6) is -0.241. The Labute approximate surface area is 162 Å². The van der Waals surface area contributed by atoms with Crippen molar-refractivity contribution in [2.75, 3.05) is 11.9 Å². The number of hydrogen-bond donors (Lipinski definition) is 2. The van der Waals surface area contributed by atoms with Crippen molar-refractivity contribution in [3.63, 3.8) is 0 Å². The molecule has 1 aliphatic heterocycles. The van der Waals surface area contributed by atoms with Crippen molar-refractivity contribution >= 4 is 29.3 Å². The summed E-state index contributed by atoms with van der Waals surface area (Å²) in [5, 5.41) is 5.88. The van der Waals surface area contributed by atoms with Crippen LogP contribution in [0.2, 0.25) is 0 Å². The predicted molar refractivity (Wildman–Crippen MR) is 107 cm³/mol. The quantitative estimate of drug-likeness (QED) is 0.713. The summed E-state index contributed by atoms with van der Waals surface area (Å²) in [5.41, 5.74) is 3.15. The van der Waals surface area contributed by atoms with Crippen molar-refractivity contribution in [1.82, 2.24) is 5.32 Å². The first-order valence-electron chi connectivity index (χ1n) is 8.75. The summed E-state index contributed by atoms with van der Waals surface area (Å²) >= 11 is 1.50. The lowest BCUT2D eigenvalue weighted by molar-refractivity contribution is 0.0953. The number of carbonyl (C=O) groups is 2. The third-order valence-electron chi connectivity index (χ3n) is 4.39. The molecule has 0 radical (unpaired) electrons. The second kappa shape index (κ2) is 7.68. The van der Waals surface area contributed by atoms with Crippen LogP contribution in [-0.2, 0) is 6.42 Å². The van der Waals surface area contributed by atoms with E-state index in [0.29, 0.717) is 17.7 Å². The van der Waals surface area contributed by atoms with E-state index in [0.717, 1.165) is 21.9 Å². The van der Waals surface area contributed by atoms with Gasteiger partial charge in [0.1, 0.15) is 0 Å². The van der Waals surface area contributed by atoms with Crippen molar-refractivity contribution in [3.05, 3.63) is 89.5 Å². The maximum Gasteiger partial charge on any atom is 0.256 e. The highest BCUT2D eigenvalue weighted by Gasteiger charge is 2.20. The van der Waals surface area contributed by atoms with Crippen LogP contribution in [0, 0.1) is 0 Å². The molecule has 0 fully saturated rings. The molecule has 1 aliphatic rings. The van der Waals surface area contributed by atoms with Crippen LogP contribution in [0.5, 0.6) is 0 Å². The largest absolute Gasteiger partial charge is 0.352 e. The second-order valence-corrected chi connectivity index (χ2v) is 7.34. The van der Waals surface area contributed by atoms with Crippen LogP contribution >= 0.6 is 11.8 Å². The Balaban J connectivity index is 1.49. The maximum absolute atomic E-state index is 12.5. The first-order chi connectivity index (χ1) is 13.2. The minimum absolute atomic E-state index is 0.113. The number of anilines is 1. The lowest BCUT2D eigenvalue weighted by Gasteiger charge is -2.10. The Morgan fingerprint density at radius 1 is 0.926 bits per heavy atom. The van der Waals surface area contributed by atoms with Gasteiger partial charge in [0, 0.05) is 21.9 Å². The van der Waals surface area contributed by atoms with Gasteiger partial charge in [0.2, 0.25) is 0 Å². The van der Waals surface area contributed by atoms with Crippen LogP contribution in [0.1, 0.15) is 26.3 Å². The van der Waals surface area contributed by atoms with E-state index in [9.17, 15) is 9.59 Å². The zero-order valence-corrected chi connectivity index (χ0v) is 15.4. The fraction of sp³-hybridized carbons (Fsp3) is 0.0909. The highest BCUT2D eigenvalue weighted by molar-refractivity contribution is 7.99. The van der Waals surface area contributed by atoms with Gasteiger partial charge in [-0.05, 0) is 42.3 Å². The summed E-state index contributed by atoms with van der Waals surface area (Å²) in [6.07, 6.45) is 0.787. The van der Waals surface area contributed by atoms with Crippen molar-refractivity contribution in [3.8, 4) is 0 Å². The zero-order chi connectivity index (χ0) is 18.6. The summed E-state index contributed by atoms with van der Waals surface area (Å²) in [6, 6.07) is 22.9. The summed E-state index contributed by atoms with van der Waals surface area (Å²) in [6.45, 7) is 0.576. The van der Waals surface area contributed by atoms with Gasteiger partial charge >= 0.3 is 0 Å². The molecule has 0 aromatic heterocycles. The molecule has 0 aliphatic carbocycles. The molecule has 2 N–H and O–H groups in total. The standard InChI is InChI=1S/C22H18N2O2S/c25-21(23-13-12-15-6-2-1-3-7-15)16-10-11-18-20(14-16)27-19-9-5-4-8-17(19)22(26)24-18/h1-11,14H,12-13H2,(H,23,25)(H,24,26). The van der Waals surface area contributed by atoms with Gasteiger partial charge in [0.15, 0.2) is 0 Å². The van der Waals surface area contributed by atoms with Gasteiger partial charge in [-0.2, -0.15) is 0 Å². The molecule has 0 bridgehead atoms. The Morgan fingerprint density at radius 3 is 2.56 bits per heavy atom. The van der Waals surface area contributed by atoms with Crippen LogP contribution in [0.4, 0.5) is 5.69 Å². The molecule has 0 saturated heterocycles. The molecular formula is C22H18N2O2S. The molecule has 3 aromatic rings. The normalized spacial score (nSPS) is 12.4. The molecule has 0 unspecified atom stereocenters. The summed E-state index contributed by atoms with van der Waals surface area (Å²) in [4.78, 5) is 26.6. The molecule has 4 rings (SSSR count). The monoisotopic (exact) mass is 374 g/mol. The number of hydrogen-bond acceptors (Lipinski definition) is 3. The first-order valence-corrected chi connectivity index (χ1v) is 9.57. The molecule has 2 amide bonds. The van der Waals surface area contributed by atoms with E-state index >= 15 is 0 Å². The topological polar surface area (TPSA) is 58.2 Å². The number of benzene rings is 3. The molecule has 1 heterocycles.